The minimum Gasteiger partial charge on any atom is -0.497 e. The van der Waals surface area contributed by atoms with Crippen LogP contribution in [0, 0.1) is 6.92 Å². The zero-order valence-corrected chi connectivity index (χ0v) is 13.3. The number of carbonyl (C=O) groups is 1. The summed E-state index contributed by atoms with van der Waals surface area (Å²) in [6.07, 6.45) is 0. The minimum absolute atomic E-state index is 0.0922. The topological polar surface area (TPSA) is 64.1 Å². The van der Waals surface area contributed by atoms with E-state index in [2.05, 4.69) is 15.5 Å². The first-order valence-corrected chi connectivity index (χ1v) is 7.27. The Morgan fingerprint density at radius 3 is 2.43 bits per heavy atom. The molecule has 0 aliphatic heterocycles. The Morgan fingerprint density at radius 1 is 1.04 bits per heavy atom. The van der Waals surface area contributed by atoms with Gasteiger partial charge in [0.05, 0.1) is 12.8 Å². The molecule has 1 heterocycles. The van der Waals surface area contributed by atoms with E-state index in [0.717, 1.165) is 39.2 Å². The third-order valence-electron chi connectivity index (χ3n) is 3.65. The third-order valence-corrected chi connectivity index (χ3v) is 3.65. The van der Waals surface area contributed by atoms with Gasteiger partial charge in [-0.1, -0.05) is 12.1 Å². The SMILES string of the molecule is COc1ccc2c(-c3ccc(NC(C)=O)cc3)nnc(C)c2c1. The molecule has 0 atom stereocenters. The van der Waals surface area contributed by atoms with Gasteiger partial charge in [0.15, 0.2) is 0 Å². The molecule has 0 aliphatic rings. The number of carbonyl (C=O) groups excluding carboxylic acids is 1. The van der Waals surface area contributed by atoms with Crippen molar-refractivity contribution in [3.05, 3.63) is 48.2 Å². The number of methoxy groups -OCH3 is 1. The van der Waals surface area contributed by atoms with E-state index in [1.165, 1.54) is 6.92 Å². The monoisotopic (exact) mass is 307 g/mol. The summed E-state index contributed by atoms with van der Waals surface area (Å²) in [5, 5.41) is 13.4. The molecule has 0 saturated carbocycles. The molecule has 0 radical (unpaired) electrons. The van der Waals surface area contributed by atoms with Crippen LogP contribution in [0.15, 0.2) is 42.5 Å². The second-order valence-corrected chi connectivity index (χ2v) is 5.30. The number of aromatic nitrogens is 2. The van der Waals surface area contributed by atoms with E-state index in [1.807, 2.05) is 49.4 Å². The number of amides is 1. The lowest BCUT2D eigenvalue weighted by molar-refractivity contribution is -0.114. The van der Waals surface area contributed by atoms with Crippen molar-refractivity contribution >= 4 is 22.4 Å². The number of nitrogens with zero attached hydrogens (tertiary/aromatic N) is 2. The molecule has 0 saturated heterocycles. The molecule has 23 heavy (non-hydrogen) atoms. The zero-order valence-electron chi connectivity index (χ0n) is 13.3. The number of aryl methyl sites for hydroxylation is 1. The summed E-state index contributed by atoms with van der Waals surface area (Å²) in [6, 6.07) is 13.4. The lowest BCUT2D eigenvalue weighted by Crippen LogP contribution is -2.05. The quantitative estimate of drug-likeness (QED) is 0.803. The average Bonchev–Trinajstić information content (AvgIpc) is 2.55. The summed E-state index contributed by atoms with van der Waals surface area (Å²) in [4.78, 5) is 11.1. The van der Waals surface area contributed by atoms with Crippen molar-refractivity contribution in [1.82, 2.24) is 10.2 Å². The van der Waals surface area contributed by atoms with E-state index in [9.17, 15) is 4.79 Å². The Hall–Kier alpha value is -2.95. The molecule has 1 N–H and O–H groups in total. The third kappa shape index (κ3) is 2.99. The molecular formula is C18H17N3O2. The van der Waals surface area contributed by atoms with Gasteiger partial charge in [-0.05, 0) is 37.3 Å². The number of rotatable bonds is 3. The average molecular weight is 307 g/mol. The predicted octanol–water partition coefficient (Wildman–Crippen LogP) is 3.57. The molecule has 5 heteroatoms. The first-order chi connectivity index (χ1) is 11.1. The van der Waals surface area contributed by atoms with Crippen molar-refractivity contribution in [3.63, 3.8) is 0 Å². The highest BCUT2D eigenvalue weighted by atomic mass is 16.5. The van der Waals surface area contributed by atoms with Gasteiger partial charge in [-0.15, -0.1) is 5.10 Å². The first kappa shape index (κ1) is 15.0. The highest BCUT2D eigenvalue weighted by Gasteiger charge is 2.10. The minimum atomic E-state index is -0.0922. The Labute approximate surface area is 134 Å². The van der Waals surface area contributed by atoms with Crippen LogP contribution >= 0.6 is 0 Å². The number of hydrogen-bond acceptors (Lipinski definition) is 4. The van der Waals surface area contributed by atoms with Gasteiger partial charge in [0, 0.05) is 28.9 Å². The van der Waals surface area contributed by atoms with E-state index < -0.39 is 0 Å². The molecule has 0 bridgehead atoms. The predicted molar refractivity (Wildman–Crippen MR) is 90.6 cm³/mol. The van der Waals surface area contributed by atoms with Gasteiger partial charge < -0.3 is 10.1 Å². The molecule has 0 aliphatic carbocycles. The van der Waals surface area contributed by atoms with Gasteiger partial charge >= 0.3 is 0 Å². The smallest absolute Gasteiger partial charge is 0.221 e. The van der Waals surface area contributed by atoms with Gasteiger partial charge in [0.2, 0.25) is 5.91 Å². The fourth-order valence-electron chi connectivity index (χ4n) is 2.52. The first-order valence-electron chi connectivity index (χ1n) is 7.27. The lowest BCUT2D eigenvalue weighted by atomic mass is 10.0. The highest BCUT2D eigenvalue weighted by Crippen LogP contribution is 2.30. The summed E-state index contributed by atoms with van der Waals surface area (Å²) in [5.74, 6) is 0.700. The van der Waals surface area contributed by atoms with E-state index in [1.54, 1.807) is 7.11 Å². The van der Waals surface area contributed by atoms with Gasteiger partial charge in [0.1, 0.15) is 11.4 Å². The second kappa shape index (κ2) is 6.04. The van der Waals surface area contributed by atoms with Crippen LogP contribution in [0.1, 0.15) is 12.6 Å². The Morgan fingerprint density at radius 2 is 1.78 bits per heavy atom. The molecule has 5 nitrogen and oxygen atoms in total. The largest absolute Gasteiger partial charge is 0.497 e. The maximum atomic E-state index is 11.1. The summed E-state index contributed by atoms with van der Waals surface area (Å²) in [5.41, 5.74) is 3.37. The van der Waals surface area contributed by atoms with E-state index in [4.69, 9.17) is 4.74 Å². The van der Waals surface area contributed by atoms with Gasteiger partial charge in [-0.2, -0.15) is 5.10 Å². The van der Waals surface area contributed by atoms with Crippen LogP contribution in [0.3, 0.4) is 0 Å². The fraction of sp³-hybridized carbons (Fsp3) is 0.167. The van der Waals surface area contributed by atoms with Crippen LogP contribution < -0.4 is 10.1 Å². The van der Waals surface area contributed by atoms with E-state index >= 15 is 0 Å². The van der Waals surface area contributed by atoms with Gasteiger partial charge in [0.25, 0.3) is 0 Å². The van der Waals surface area contributed by atoms with E-state index in [0.29, 0.717) is 0 Å². The van der Waals surface area contributed by atoms with Crippen molar-refractivity contribution < 1.29 is 9.53 Å². The number of anilines is 1. The Balaban J connectivity index is 2.09. The van der Waals surface area contributed by atoms with E-state index in [-0.39, 0.29) is 5.91 Å². The molecule has 116 valence electrons. The maximum absolute atomic E-state index is 11.1. The summed E-state index contributed by atoms with van der Waals surface area (Å²) >= 11 is 0. The van der Waals surface area contributed by atoms with Crippen LogP contribution in [0.25, 0.3) is 22.0 Å². The van der Waals surface area contributed by atoms with Crippen molar-refractivity contribution in [2.45, 2.75) is 13.8 Å². The van der Waals surface area contributed by atoms with Crippen molar-refractivity contribution in [3.8, 4) is 17.0 Å². The zero-order chi connectivity index (χ0) is 16.4. The molecular weight excluding hydrogens is 290 g/mol. The number of fused-ring (bicyclic) bond motifs is 1. The van der Waals surface area contributed by atoms with Crippen LogP contribution in [0.4, 0.5) is 5.69 Å². The molecule has 0 spiro atoms. The Bertz CT molecular complexity index is 873. The highest BCUT2D eigenvalue weighted by molar-refractivity contribution is 5.96. The molecule has 0 unspecified atom stereocenters. The summed E-state index contributed by atoms with van der Waals surface area (Å²) in [7, 11) is 1.65. The van der Waals surface area contributed by atoms with Crippen LogP contribution in [-0.2, 0) is 4.79 Å². The molecule has 0 fully saturated rings. The molecule has 2 aromatic carbocycles. The molecule has 3 aromatic rings. The van der Waals surface area contributed by atoms with Crippen molar-refractivity contribution in [2.75, 3.05) is 12.4 Å². The second-order valence-electron chi connectivity index (χ2n) is 5.30. The van der Waals surface area contributed by atoms with Crippen molar-refractivity contribution in [2.24, 2.45) is 0 Å². The molecule has 3 rings (SSSR count). The lowest BCUT2D eigenvalue weighted by Gasteiger charge is -2.09. The molecule has 1 aromatic heterocycles. The standard InChI is InChI=1S/C18H17N3O2/c1-11-17-10-15(23-3)8-9-16(17)18(21-20-11)13-4-6-14(7-5-13)19-12(2)22/h4-10H,1-3H3,(H,19,22). The summed E-state index contributed by atoms with van der Waals surface area (Å²) < 4.78 is 5.29. The number of benzene rings is 2. The van der Waals surface area contributed by atoms with Gasteiger partial charge in [-0.25, -0.2) is 0 Å². The maximum Gasteiger partial charge on any atom is 0.221 e. The molecule has 1 amide bonds. The number of hydrogen-bond donors (Lipinski definition) is 1. The van der Waals surface area contributed by atoms with Crippen LogP contribution in [0.2, 0.25) is 0 Å². The number of ether oxygens (including phenoxy) is 1. The van der Waals surface area contributed by atoms with Crippen molar-refractivity contribution in [1.29, 1.82) is 0 Å². The Kier molecular flexibility index (Phi) is 3.93. The fourth-order valence-corrected chi connectivity index (χ4v) is 2.52. The summed E-state index contributed by atoms with van der Waals surface area (Å²) in [6.45, 7) is 3.42. The number of nitrogens with one attached hydrogen (secondary N) is 1. The van der Waals surface area contributed by atoms with Crippen LogP contribution in [-0.4, -0.2) is 23.2 Å². The normalized spacial score (nSPS) is 10.6. The van der Waals surface area contributed by atoms with Gasteiger partial charge in [-0.3, -0.25) is 4.79 Å². The van der Waals surface area contributed by atoms with Crippen LogP contribution in [0.5, 0.6) is 5.75 Å².